The molecule has 0 aliphatic rings. The molecule has 3 aromatic rings. The van der Waals surface area contributed by atoms with Gasteiger partial charge in [0, 0.05) is 36.2 Å². The first kappa shape index (κ1) is 22.1. The minimum absolute atomic E-state index is 0.0907. The van der Waals surface area contributed by atoms with Crippen LogP contribution >= 0.6 is 0 Å². The highest BCUT2D eigenvalue weighted by Crippen LogP contribution is 2.23. The van der Waals surface area contributed by atoms with Gasteiger partial charge < -0.3 is 19.9 Å². The molecule has 0 radical (unpaired) electrons. The van der Waals surface area contributed by atoms with Crippen LogP contribution in [-0.2, 0) is 11.2 Å². The lowest BCUT2D eigenvalue weighted by molar-refractivity contribution is -0.120. The number of aryl methyl sites for hydroxylation is 1. The fourth-order valence-corrected chi connectivity index (χ4v) is 3.51. The zero-order valence-electron chi connectivity index (χ0n) is 17.9. The quantitative estimate of drug-likeness (QED) is 0.546. The Hall–Kier alpha value is -3.61. The van der Waals surface area contributed by atoms with Gasteiger partial charge in [0.25, 0.3) is 5.91 Å². The van der Waals surface area contributed by atoms with Gasteiger partial charge in [-0.2, -0.15) is 0 Å². The molecule has 0 saturated heterocycles. The molecule has 1 heterocycles. The zero-order valence-corrected chi connectivity index (χ0v) is 17.9. The summed E-state index contributed by atoms with van der Waals surface area (Å²) in [7, 11) is 1.62. The van der Waals surface area contributed by atoms with E-state index in [0.717, 1.165) is 22.8 Å². The number of benzene rings is 2. The summed E-state index contributed by atoms with van der Waals surface area (Å²) in [6.45, 7) is 4.41. The summed E-state index contributed by atoms with van der Waals surface area (Å²) in [6.07, 6.45) is 0.0907. The lowest BCUT2D eigenvalue weighted by atomic mass is 10.1. The van der Waals surface area contributed by atoms with Crippen molar-refractivity contribution in [3.05, 3.63) is 82.9 Å². The highest BCUT2D eigenvalue weighted by molar-refractivity contribution is 5.96. The molecule has 0 unspecified atom stereocenters. The first-order valence-electron chi connectivity index (χ1n) is 10.0. The first-order chi connectivity index (χ1) is 14.9. The van der Waals surface area contributed by atoms with Gasteiger partial charge in [-0.1, -0.05) is 18.2 Å². The van der Waals surface area contributed by atoms with Crippen molar-refractivity contribution in [3.63, 3.8) is 0 Å². The first-order valence-corrected chi connectivity index (χ1v) is 10.0. The van der Waals surface area contributed by atoms with E-state index in [1.165, 1.54) is 12.1 Å². The Labute approximate surface area is 181 Å². The Balaban J connectivity index is 1.55. The number of methoxy groups -OCH3 is 1. The molecule has 2 N–H and O–H groups in total. The number of carbonyl (C=O) groups excluding carboxylic acids is 2. The molecule has 6 nitrogen and oxygen atoms in total. The predicted octanol–water partition coefficient (Wildman–Crippen LogP) is 3.33. The van der Waals surface area contributed by atoms with Gasteiger partial charge >= 0.3 is 0 Å². The van der Waals surface area contributed by atoms with Crippen LogP contribution in [0.3, 0.4) is 0 Å². The van der Waals surface area contributed by atoms with Gasteiger partial charge in [0.05, 0.1) is 19.1 Å². The fraction of sp³-hybridized carbons (Fsp3) is 0.250. The van der Waals surface area contributed by atoms with E-state index in [1.54, 1.807) is 19.2 Å². The number of nitrogens with zero attached hydrogens (tertiary/aromatic N) is 1. The average molecular weight is 423 g/mol. The van der Waals surface area contributed by atoms with Crippen LogP contribution in [0, 0.1) is 19.7 Å². The molecule has 31 heavy (non-hydrogen) atoms. The number of rotatable bonds is 8. The second kappa shape index (κ2) is 9.93. The van der Waals surface area contributed by atoms with E-state index >= 15 is 0 Å². The molecule has 162 valence electrons. The smallest absolute Gasteiger partial charge is 0.253 e. The van der Waals surface area contributed by atoms with E-state index in [4.69, 9.17) is 4.74 Å². The fourth-order valence-electron chi connectivity index (χ4n) is 3.51. The minimum atomic E-state index is -0.371. The summed E-state index contributed by atoms with van der Waals surface area (Å²) in [4.78, 5) is 24.6. The van der Waals surface area contributed by atoms with Crippen molar-refractivity contribution in [3.8, 4) is 11.4 Å². The number of nitrogens with one attached hydrogen (secondary N) is 2. The third-order valence-electron chi connectivity index (χ3n) is 4.97. The van der Waals surface area contributed by atoms with E-state index in [2.05, 4.69) is 10.6 Å². The van der Waals surface area contributed by atoms with Crippen molar-refractivity contribution >= 4 is 11.8 Å². The SMILES string of the molecule is COc1cccc(-n2c(C)cc(C(=O)NCCNC(=O)Cc3cccc(F)c3)c2C)c1. The number of carbonyl (C=O) groups is 2. The molecule has 0 atom stereocenters. The van der Waals surface area contributed by atoms with Crippen molar-refractivity contribution in [1.29, 1.82) is 0 Å². The minimum Gasteiger partial charge on any atom is -0.497 e. The predicted molar refractivity (Wildman–Crippen MR) is 117 cm³/mol. The van der Waals surface area contributed by atoms with Gasteiger partial charge in [-0.25, -0.2) is 4.39 Å². The van der Waals surface area contributed by atoms with E-state index in [9.17, 15) is 14.0 Å². The van der Waals surface area contributed by atoms with Crippen LogP contribution in [0.25, 0.3) is 5.69 Å². The molecule has 1 aromatic heterocycles. The topological polar surface area (TPSA) is 72.4 Å². The molecule has 0 spiro atoms. The Morgan fingerprint density at radius 2 is 1.74 bits per heavy atom. The maximum atomic E-state index is 13.2. The average Bonchev–Trinajstić information content (AvgIpc) is 3.05. The van der Waals surface area contributed by atoms with Crippen LogP contribution in [-0.4, -0.2) is 36.6 Å². The van der Waals surface area contributed by atoms with E-state index in [-0.39, 0.29) is 37.1 Å². The van der Waals surface area contributed by atoms with Crippen molar-refractivity contribution < 1.29 is 18.7 Å². The van der Waals surface area contributed by atoms with Gasteiger partial charge in [-0.15, -0.1) is 0 Å². The largest absolute Gasteiger partial charge is 0.497 e. The molecule has 7 heteroatoms. The zero-order chi connectivity index (χ0) is 22.4. The van der Waals surface area contributed by atoms with Crippen LogP contribution in [0.15, 0.2) is 54.6 Å². The Kier molecular flexibility index (Phi) is 7.07. The molecule has 3 rings (SSSR count). The summed E-state index contributed by atoms with van der Waals surface area (Å²) in [6, 6.07) is 15.4. The number of ether oxygens (including phenoxy) is 1. The van der Waals surface area contributed by atoms with Gasteiger partial charge in [0.2, 0.25) is 5.91 Å². The summed E-state index contributed by atoms with van der Waals surface area (Å²) in [5.74, 6) is -0.0632. The van der Waals surface area contributed by atoms with Crippen LogP contribution < -0.4 is 15.4 Å². The number of hydrogen-bond acceptors (Lipinski definition) is 3. The standard InChI is InChI=1S/C24H26FN3O3/c1-16-12-22(17(2)28(16)20-8-5-9-21(15-20)31-3)24(30)27-11-10-26-23(29)14-18-6-4-7-19(25)13-18/h4-9,12-13,15H,10-11,14H2,1-3H3,(H,26,29)(H,27,30). The van der Waals surface area contributed by atoms with Crippen LogP contribution in [0.1, 0.15) is 27.3 Å². The Morgan fingerprint density at radius 1 is 1.00 bits per heavy atom. The molecular weight excluding hydrogens is 397 g/mol. The van der Waals surface area contributed by atoms with Gasteiger partial charge in [-0.05, 0) is 49.7 Å². The van der Waals surface area contributed by atoms with Crippen molar-refractivity contribution in [2.75, 3.05) is 20.2 Å². The third-order valence-corrected chi connectivity index (χ3v) is 4.97. The maximum Gasteiger partial charge on any atom is 0.253 e. The third kappa shape index (κ3) is 5.51. The van der Waals surface area contributed by atoms with E-state index < -0.39 is 0 Å². The summed E-state index contributed by atoms with van der Waals surface area (Å²) >= 11 is 0. The molecule has 0 aliphatic heterocycles. The molecular formula is C24H26FN3O3. The lowest BCUT2D eigenvalue weighted by Gasteiger charge is -2.11. The summed E-state index contributed by atoms with van der Waals surface area (Å²) < 4.78 is 20.5. The van der Waals surface area contributed by atoms with Crippen LogP contribution in [0.5, 0.6) is 5.75 Å². The van der Waals surface area contributed by atoms with Crippen molar-refractivity contribution in [2.45, 2.75) is 20.3 Å². The molecule has 0 bridgehead atoms. The van der Waals surface area contributed by atoms with Crippen LogP contribution in [0.2, 0.25) is 0 Å². The Bertz CT molecular complexity index is 1090. The molecule has 0 aliphatic carbocycles. The number of hydrogen-bond donors (Lipinski definition) is 2. The number of aromatic nitrogens is 1. The molecule has 0 fully saturated rings. The van der Waals surface area contributed by atoms with Gasteiger partial charge in [0.1, 0.15) is 11.6 Å². The highest BCUT2D eigenvalue weighted by Gasteiger charge is 2.16. The Morgan fingerprint density at radius 3 is 2.48 bits per heavy atom. The van der Waals surface area contributed by atoms with Gasteiger partial charge in [0.15, 0.2) is 0 Å². The van der Waals surface area contributed by atoms with Gasteiger partial charge in [-0.3, -0.25) is 9.59 Å². The van der Waals surface area contributed by atoms with Crippen molar-refractivity contribution in [2.24, 2.45) is 0 Å². The maximum absolute atomic E-state index is 13.2. The van der Waals surface area contributed by atoms with Crippen LogP contribution in [0.4, 0.5) is 4.39 Å². The van der Waals surface area contributed by atoms with E-state index in [0.29, 0.717) is 11.1 Å². The normalized spacial score (nSPS) is 10.6. The molecule has 0 saturated carbocycles. The second-order valence-electron chi connectivity index (χ2n) is 7.23. The van der Waals surface area contributed by atoms with E-state index in [1.807, 2.05) is 48.7 Å². The second-order valence-corrected chi connectivity index (χ2v) is 7.23. The molecule has 2 amide bonds. The monoisotopic (exact) mass is 423 g/mol. The number of amides is 2. The lowest BCUT2D eigenvalue weighted by Crippen LogP contribution is -2.35. The molecule has 2 aromatic carbocycles. The highest BCUT2D eigenvalue weighted by atomic mass is 19.1. The number of halogens is 1. The summed E-state index contributed by atoms with van der Waals surface area (Å²) in [5.41, 5.74) is 3.84. The van der Waals surface area contributed by atoms with Crippen molar-refractivity contribution in [1.82, 2.24) is 15.2 Å². The summed E-state index contributed by atoms with van der Waals surface area (Å²) in [5, 5.41) is 5.56.